The second kappa shape index (κ2) is 21.2. The van der Waals surface area contributed by atoms with E-state index in [0.29, 0.717) is 19.0 Å². The van der Waals surface area contributed by atoms with Crippen molar-refractivity contribution in [2.45, 2.75) is 108 Å². The Morgan fingerprint density at radius 1 is 1.02 bits per heavy atom. The van der Waals surface area contributed by atoms with Crippen LogP contribution >= 0.6 is 23.1 Å². The number of rotatable bonds is 24. The lowest BCUT2D eigenvalue weighted by Gasteiger charge is -2.48. The molecule has 258 valence electrons. The van der Waals surface area contributed by atoms with Crippen LogP contribution in [0.25, 0.3) is 0 Å². The number of hydrogen-bond donors (Lipinski definition) is 2. The number of carbonyl (C=O) groups excluding carboxylic acids is 3. The number of anilines is 1. The van der Waals surface area contributed by atoms with Crippen LogP contribution in [-0.2, 0) is 33.4 Å². The maximum absolute atomic E-state index is 13.4. The maximum atomic E-state index is 13.4. The van der Waals surface area contributed by atoms with Gasteiger partial charge in [-0.15, -0.1) is 23.1 Å². The lowest BCUT2D eigenvalue weighted by atomic mass is 10.0. The molecule has 1 aromatic rings. The summed E-state index contributed by atoms with van der Waals surface area (Å²) in [4.78, 5) is 49.9. The Morgan fingerprint density at radius 3 is 2.20 bits per heavy atom. The standard InChI is InChI=1S/C32H51N5O7S2/c1-4-6-8-10-12-14-17-42-20-23(21-43-18-15-13-11-9-7-5-2)44-31(40)25-16-19-45-30-27(29(39)37(25)30)35-28(38)26(36-41-3)24-22-46-32(33)34-24/h16,22-23,27,30H,4-15,17-21H2,1-3H3,(H2,33,34)(H,35,38)/t27?,30-/m0/s1. The van der Waals surface area contributed by atoms with Crippen LogP contribution in [0.2, 0.25) is 0 Å². The Balaban J connectivity index is 1.53. The molecule has 0 bridgehead atoms. The zero-order valence-electron chi connectivity index (χ0n) is 27.5. The number of hydrogen-bond acceptors (Lipinski definition) is 12. The van der Waals surface area contributed by atoms with Crippen LogP contribution in [0.5, 0.6) is 0 Å². The summed E-state index contributed by atoms with van der Waals surface area (Å²) in [6, 6.07) is -0.857. The fourth-order valence-corrected chi connectivity index (χ4v) is 6.90. The number of β-lactam (4-membered cyclic amide) rings is 1. The summed E-state index contributed by atoms with van der Waals surface area (Å²) in [5.74, 6) is -1.19. The molecular weight excluding hydrogens is 631 g/mol. The number of thioether (sulfide) groups is 1. The molecule has 2 amide bonds. The quantitative estimate of drug-likeness (QED) is 0.0499. The number of nitrogens with two attached hydrogens (primary N) is 1. The fourth-order valence-electron chi connectivity index (χ4n) is 5.16. The number of carbonyl (C=O) groups is 3. The largest absolute Gasteiger partial charge is 0.453 e. The average molecular weight is 682 g/mol. The fraction of sp³-hybridized carbons (Fsp3) is 0.719. The Kier molecular flexibility index (Phi) is 17.4. The summed E-state index contributed by atoms with van der Waals surface area (Å²) < 4.78 is 17.6. The van der Waals surface area contributed by atoms with E-state index in [1.807, 2.05) is 0 Å². The number of thiazole rings is 1. The Hall–Kier alpha value is -2.68. The molecule has 0 spiro atoms. The van der Waals surface area contributed by atoms with Crippen molar-refractivity contribution in [3.8, 4) is 0 Å². The molecule has 0 radical (unpaired) electrons. The molecule has 14 heteroatoms. The minimum atomic E-state index is -0.857. The smallest absolute Gasteiger partial charge is 0.355 e. The number of fused-ring (bicyclic) bond motifs is 1. The third kappa shape index (κ3) is 11.8. The van der Waals surface area contributed by atoms with Crippen molar-refractivity contribution in [3.63, 3.8) is 0 Å². The van der Waals surface area contributed by atoms with Crippen LogP contribution in [0.1, 0.15) is 96.6 Å². The van der Waals surface area contributed by atoms with E-state index in [1.165, 1.54) is 75.1 Å². The van der Waals surface area contributed by atoms with Crippen LogP contribution in [0.3, 0.4) is 0 Å². The van der Waals surface area contributed by atoms with Gasteiger partial charge in [0.1, 0.15) is 36.0 Å². The van der Waals surface area contributed by atoms with Crippen LogP contribution in [-0.4, -0.2) is 90.2 Å². The van der Waals surface area contributed by atoms with Gasteiger partial charge in [-0.25, -0.2) is 9.78 Å². The number of aromatic nitrogens is 1. The van der Waals surface area contributed by atoms with Gasteiger partial charge >= 0.3 is 5.97 Å². The monoisotopic (exact) mass is 681 g/mol. The SMILES string of the molecule is CCCCCCCCOCC(COCCCCCCCC)OC(=O)C1=CCS[C@H]2C(NC(=O)C(=NOC)c3csc(N)n3)C(=O)N12. The normalized spacial score (nSPS) is 17.8. The molecule has 3 heterocycles. The van der Waals surface area contributed by atoms with Crippen LogP contribution in [0, 0.1) is 0 Å². The highest BCUT2D eigenvalue weighted by atomic mass is 32.2. The van der Waals surface area contributed by atoms with Crippen molar-refractivity contribution < 1.29 is 33.4 Å². The average Bonchev–Trinajstić information content (AvgIpc) is 3.49. The predicted molar refractivity (Wildman–Crippen MR) is 181 cm³/mol. The lowest BCUT2D eigenvalue weighted by molar-refractivity contribution is -0.159. The Bertz CT molecular complexity index is 1140. The molecule has 0 aromatic carbocycles. The second-order valence-electron chi connectivity index (χ2n) is 11.4. The van der Waals surface area contributed by atoms with Crippen molar-refractivity contribution in [1.82, 2.24) is 15.2 Å². The van der Waals surface area contributed by atoms with Gasteiger partial charge in [-0.1, -0.05) is 83.2 Å². The molecular formula is C32H51N5O7S2. The highest BCUT2D eigenvalue weighted by molar-refractivity contribution is 8.00. The van der Waals surface area contributed by atoms with Gasteiger partial charge < -0.3 is 30.1 Å². The molecule has 1 aromatic heterocycles. The first-order chi connectivity index (χ1) is 22.4. The zero-order valence-corrected chi connectivity index (χ0v) is 29.1. The van der Waals surface area contributed by atoms with E-state index in [-0.39, 0.29) is 35.4 Å². The van der Waals surface area contributed by atoms with Gasteiger partial charge in [0.2, 0.25) is 0 Å². The van der Waals surface area contributed by atoms with Crippen LogP contribution < -0.4 is 11.1 Å². The van der Waals surface area contributed by atoms with Crippen molar-refractivity contribution in [1.29, 1.82) is 0 Å². The number of ether oxygens (including phenoxy) is 3. The number of esters is 1. The summed E-state index contributed by atoms with van der Waals surface area (Å²) >= 11 is 2.59. The molecule has 12 nitrogen and oxygen atoms in total. The van der Waals surface area contributed by atoms with Crippen LogP contribution in [0.15, 0.2) is 22.3 Å². The van der Waals surface area contributed by atoms with Crippen molar-refractivity contribution >= 4 is 51.7 Å². The van der Waals surface area contributed by atoms with Gasteiger partial charge in [-0.2, -0.15) is 0 Å². The van der Waals surface area contributed by atoms with Crippen molar-refractivity contribution in [2.75, 3.05) is 45.0 Å². The van der Waals surface area contributed by atoms with Crippen molar-refractivity contribution in [2.24, 2.45) is 5.16 Å². The number of unbranched alkanes of at least 4 members (excludes halogenated alkanes) is 10. The van der Waals surface area contributed by atoms with Gasteiger partial charge in [0, 0.05) is 24.3 Å². The number of nitrogen functional groups attached to an aromatic ring is 1. The molecule has 3 rings (SSSR count). The van der Waals surface area contributed by atoms with Gasteiger partial charge in [0.15, 0.2) is 10.8 Å². The topological polar surface area (TPSA) is 155 Å². The van der Waals surface area contributed by atoms with Crippen molar-refractivity contribution in [3.05, 3.63) is 22.8 Å². The molecule has 2 atom stereocenters. The zero-order chi connectivity index (χ0) is 33.1. The molecule has 0 aliphatic carbocycles. The maximum Gasteiger partial charge on any atom is 0.355 e. The molecule has 46 heavy (non-hydrogen) atoms. The first kappa shape index (κ1) is 37.8. The summed E-state index contributed by atoms with van der Waals surface area (Å²) in [6.45, 7) is 6.02. The lowest BCUT2D eigenvalue weighted by Crippen LogP contribution is -2.70. The number of nitrogens with zero attached hydrogens (tertiary/aromatic N) is 3. The third-order valence-electron chi connectivity index (χ3n) is 7.67. The van der Waals surface area contributed by atoms with E-state index in [9.17, 15) is 14.4 Å². The van der Waals surface area contributed by atoms with E-state index in [0.717, 1.165) is 37.0 Å². The number of oxime groups is 1. The highest BCUT2D eigenvalue weighted by Crippen LogP contribution is 2.38. The molecule has 1 fully saturated rings. The molecule has 2 aliphatic heterocycles. The highest BCUT2D eigenvalue weighted by Gasteiger charge is 2.53. The Labute approximate surface area is 281 Å². The molecule has 2 aliphatic rings. The van der Waals surface area contributed by atoms with E-state index in [2.05, 4.69) is 29.3 Å². The predicted octanol–water partition coefficient (Wildman–Crippen LogP) is 5.03. The van der Waals surface area contributed by atoms with Gasteiger partial charge in [0.05, 0.1) is 13.2 Å². The third-order valence-corrected chi connectivity index (χ3v) is 9.53. The summed E-state index contributed by atoms with van der Waals surface area (Å²) in [7, 11) is 1.31. The van der Waals surface area contributed by atoms with Gasteiger partial charge in [0.25, 0.3) is 11.8 Å². The number of nitrogens with one attached hydrogen (secondary N) is 1. The van der Waals surface area contributed by atoms with E-state index in [1.54, 1.807) is 11.5 Å². The van der Waals surface area contributed by atoms with E-state index >= 15 is 0 Å². The molecule has 3 N–H and O–H groups in total. The molecule has 1 saturated heterocycles. The summed E-state index contributed by atoms with van der Waals surface area (Å²) in [5.41, 5.74) is 6.02. The Morgan fingerprint density at radius 2 is 1.63 bits per heavy atom. The second-order valence-corrected chi connectivity index (χ2v) is 13.4. The van der Waals surface area contributed by atoms with E-state index < -0.39 is 35.3 Å². The molecule has 0 saturated carbocycles. The summed E-state index contributed by atoms with van der Waals surface area (Å²) in [5, 5.41) is 7.87. The van der Waals surface area contributed by atoms with Crippen LogP contribution in [0.4, 0.5) is 5.13 Å². The van der Waals surface area contributed by atoms with E-state index in [4.69, 9.17) is 24.8 Å². The number of amides is 2. The van der Waals surface area contributed by atoms with Gasteiger partial charge in [-0.05, 0) is 18.9 Å². The summed E-state index contributed by atoms with van der Waals surface area (Å²) in [6.07, 6.45) is 15.0. The minimum absolute atomic E-state index is 0.0950. The first-order valence-corrected chi connectivity index (χ1v) is 18.5. The first-order valence-electron chi connectivity index (χ1n) is 16.6. The van der Waals surface area contributed by atoms with Gasteiger partial charge in [-0.3, -0.25) is 14.5 Å². The minimum Gasteiger partial charge on any atom is -0.453 e. The molecule has 1 unspecified atom stereocenters.